The van der Waals surface area contributed by atoms with Gasteiger partial charge in [0.15, 0.2) is 5.65 Å². The maximum absolute atomic E-state index is 13.1. The maximum Gasteiger partial charge on any atom is 0.291 e. The van der Waals surface area contributed by atoms with Crippen LogP contribution in [0.4, 0.5) is 5.82 Å². The van der Waals surface area contributed by atoms with Gasteiger partial charge in [-0.1, -0.05) is 36.4 Å². The number of anilines is 1. The molecule has 0 aliphatic carbocycles. The minimum absolute atomic E-state index is 0.0926. The molecule has 196 valence electrons. The average Bonchev–Trinajstić information content (AvgIpc) is 3.72. The molecular weight excluding hydrogens is 492 g/mol. The van der Waals surface area contributed by atoms with Crippen molar-refractivity contribution in [3.05, 3.63) is 78.3 Å². The van der Waals surface area contributed by atoms with Crippen molar-refractivity contribution in [1.82, 2.24) is 39.7 Å². The van der Waals surface area contributed by atoms with Crippen LogP contribution in [0.5, 0.6) is 0 Å². The molecular formula is C28H28N10O. The first-order valence-electron chi connectivity index (χ1n) is 13.2. The lowest BCUT2D eigenvalue weighted by molar-refractivity contribution is 0.0557. The van der Waals surface area contributed by atoms with E-state index in [0.29, 0.717) is 11.5 Å². The van der Waals surface area contributed by atoms with Crippen molar-refractivity contribution < 1.29 is 4.79 Å². The first kappa shape index (κ1) is 23.5. The molecule has 39 heavy (non-hydrogen) atoms. The highest BCUT2D eigenvalue weighted by molar-refractivity contribution is 5.91. The third-order valence-electron chi connectivity index (χ3n) is 8.14. The second-order valence-corrected chi connectivity index (χ2v) is 10.3. The molecule has 1 aromatic carbocycles. The smallest absolute Gasteiger partial charge is 0.291 e. The molecule has 2 aliphatic rings. The number of piperidine rings is 1. The van der Waals surface area contributed by atoms with Crippen molar-refractivity contribution in [2.75, 3.05) is 5.73 Å². The molecule has 11 heteroatoms. The zero-order valence-electron chi connectivity index (χ0n) is 21.2. The number of nitrogen functional groups attached to an aromatic ring is 1. The molecule has 5 aromatic rings. The van der Waals surface area contributed by atoms with Gasteiger partial charge in [0.05, 0.1) is 17.6 Å². The van der Waals surface area contributed by atoms with Crippen LogP contribution < -0.4 is 11.5 Å². The van der Waals surface area contributed by atoms with Crippen molar-refractivity contribution in [2.24, 2.45) is 5.73 Å². The summed E-state index contributed by atoms with van der Waals surface area (Å²) >= 11 is 0. The lowest BCUT2D eigenvalue weighted by Gasteiger charge is -2.38. The Bertz CT molecular complexity index is 1630. The summed E-state index contributed by atoms with van der Waals surface area (Å²) in [5.41, 5.74) is 19.0. The van der Waals surface area contributed by atoms with Gasteiger partial charge >= 0.3 is 0 Å². The zero-order chi connectivity index (χ0) is 26.5. The van der Waals surface area contributed by atoms with Crippen molar-refractivity contribution in [3.8, 4) is 22.4 Å². The molecule has 0 spiro atoms. The Morgan fingerprint density at radius 3 is 2.46 bits per heavy atom. The van der Waals surface area contributed by atoms with E-state index >= 15 is 0 Å². The van der Waals surface area contributed by atoms with E-state index in [2.05, 4.69) is 25.3 Å². The molecule has 0 saturated carbocycles. The van der Waals surface area contributed by atoms with Crippen LogP contribution in [-0.2, 0) is 6.54 Å². The monoisotopic (exact) mass is 520 g/mol. The number of hydrogen-bond donors (Lipinski definition) is 3. The van der Waals surface area contributed by atoms with Crippen molar-refractivity contribution in [2.45, 2.75) is 50.2 Å². The van der Waals surface area contributed by atoms with E-state index in [1.807, 2.05) is 53.6 Å². The Morgan fingerprint density at radius 1 is 1.00 bits per heavy atom. The molecule has 0 radical (unpaired) electrons. The lowest BCUT2D eigenvalue weighted by Crippen LogP contribution is -2.46. The molecule has 2 bridgehead atoms. The van der Waals surface area contributed by atoms with Gasteiger partial charge < -0.3 is 16.4 Å². The molecule has 2 aliphatic heterocycles. The fourth-order valence-corrected chi connectivity index (χ4v) is 6.31. The Kier molecular flexibility index (Phi) is 5.58. The van der Waals surface area contributed by atoms with Gasteiger partial charge in [-0.15, -0.1) is 0 Å². The molecule has 6 heterocycles. The largest absolute Gasteiger partial charge is 0.383 e. The fourth-order valence-electron chi connectivity index (χ4n) is 6.31. The molecule has 7 rings (SSSR count). The van der Waals surface area contributed by atoms with E-state index in [1.54, 1.807) is 10.7 Å². The van der Waals surface area contributed by atoms with Crippen LogP contribution in [0.25, 0.3) is 28.0 Å². The number of benzene rings is 1. The van der Waals surface area contributed by atoms with Crippen molar-refractivity contribution in [1.29, 1.82) is 0 Å². The Balaban J connectivity index is 1.24. The average molecular weight is 521 g/mol. The van der Waals surface area contributed by atoms with E-state index < -0.39 is 0 Å². The Morgan fingerprint density at radius 2 is 1.79 bits per heavy atom. The number of amides is 1. The van der Waals surface area contributed by atoms with E-state index in [1.165, 1.54) is 6.33 Å². The van der Waals surface area contributed by atoms with Crippen molar-refractivity contribution in [3.63, 3.8) is 0 Å². The summed E-state index contributed by atoms with van der Waals surface area (Å²) in [6.45, 7) is 0.263. The minimum Gasteiger partial charge on any atom is -0.383 e. The molecule has 3 atom stereocenters. The van der Waals surface area contributed by atoms with Crippen molar-refractivity contribution >= 4 is 17.4 Å². The third-order valence-corrected chi connectivity index (χ3v) is 8.14. The summed E-state index contributed by atoms with van der Waals surface area (Å²) in [6, 6.07) is 14.3. The van der Waals surface area contributed by atoms with E-state index in [4.69, 9.17) is 16.5 Å². The number of pyridine rings is 1. The fraction of sp³-hybridized carbons (Fsp3) is 0.286. The Hall–Kier alpha value is -4.64. The normalized spacial score (nSPS) is 20.5. The van der Waals surface area contributed by atoms with Gasteiger partial charge in [0, 0.05) is 53.0 Å². The number of H-pyrrole nitrogens is 1. The second-order valence-electron chi connectivity index (χ2n) is 10.3. The minimum atomic E-state index is -0.0926. The SMILES string of the molecule is NCc1c(C2C[C@H]3CC[C@@H](C2)N3C(=O)c2ncn[nH]2)nc2c(-c3ccc(-c4ccccc4)nc3)cnn2c1N. The number of nitrogens with one attached hydrogen (secondary N) is 1. The molecule has 11 nitrogen and oxygen atoms in total. The van der Waals surface area contributed by atoms with Gasteiger partial charge in [-0.3, -0.25) is 14.9 Å². The lowest BCUT2D eigenvalue weighted by atomic mass is 9.85. The number of hydrogen-bond acceptors (Lipinski definition) is 8. The van der Waals surface area contributed by atoms with Crippen LogP contribution in [-0.4, -0.2) is 57.7 Å². The number of nitrogens with two attached hydrogens (primary N) is 2. The Labute approximate surface area is 224 Å². The van der Waals surface area contributed by atoms with Gasteiger partial charge in [0.1, 0.15) is 12.1 Å². The van der Waals surface area contributed by atoms with Crippen LogP contribution in [0, 0.1) is 0 Å². The third kappa shape index (κ3) is 3.85. The number of aromatic amines is 1. The predicted molar refractivity (Wildman–Crippen MR) is 145 cm³/mol. The summed E-state index contributed by atoms with van der Waals surface area (Å²) in [5, 5.41) is 11.1. The molecule has 4 aromatic heterocycles. The first-order valence-corrected chi connectivity index (χ1v) is 13.2. The highest BCUT2D eigenvalue weighted by Gasteiger charge is 2.45. The summed E-state index contributed by atoms with van der Waals surface area (Å²) in [4.78, 5) is 29.0. The van der Waals surface area contributed by atoms with Crippen LogP contribution in [0.3, 0.4) is 0 Å². The molecule has 5 N–H and O–H groups in total. The van der Waals surface area contributed by atoms with Gasteiger partial charge in [0.2, 0.25) is 5.82 Å². The quantitative estimate of drug-likeness (QED) is 0.319. The van der Waals surface area contributed by atoms with Gasteiger partial charge in [-0.25, -0.2) is 9.97 Å². The maximum atomic E-state index is 13.1. The predicted octanol–water partition coefficient (Wildman–Crippen LogP) is 3.17. The summed E-state index contributed by atoms with van der Waals surface area (Å²) in [7, 11) is 0. The van der Waals surface area contributed by atoms with Gasteiger partial charge in [-0.2, -0.15) is 14.7 Å². The zero-order valence-corrected chi connectivity index (χ0v) is 21.2. The number of fused-ring (bicyclic) bond motifs is 3. The number of carbonyl (C=O) groups is 1. The van der Waals surface area contributed by atoms with E-state index in [0.717, 1.165) is 59.3 Å². The van der Waals surface area contributed by atoms with Crippen LogP contribution in [0.1, 0.15) is 53.5 Å². The number of aromatic nitrogens is 7. The van der Waals surface area contributed by atoms with E-state index in [-0.39, 0.29) is 36.3 Å². The molecule has 1 unspecified atom stereocenters. The summed E-state index contributed by atoms with van der Waals surface area (Å²) in [6.07, 6.45) is 8.49. The number of nitrogens with zero attached hydrogens (tertiary/aromatic N) is 7. The molecule has 2 saturated heterocycles. The number of rotatable bonds is 5. The highest BCUT2D eigenvalue weighted by atomic mass is 16.2. The number of carbonyl (C=O) groups excluding carboxylic acids is 1. The van der Waals surface area contributed by atoms with Crippen LogP contribution in [0.15, 0.2) is 61.2 Å². The summed E-state index contributed by atoms with van der Waals surface area (Å²) in [5.74, 6) is 0.830. The summed E-state index contributed by atoms with van der Waals surface area (Å²) < 4.78 is 1.67. The standard InChI is InChI=1S/C28H28N10O/c29-12-21-24(18-10-19-7-8-20(11-18)37(19)28(39)26-32-15-33-36-26)35-27-22(14-34-38(27)25(21)30)17-6-9-23(31-13-17)16-4-2-1-3-5-16/h1-6,9,13-15,18-20H,7-8,10-12,29-30H2,(H,32,33,36)/t18?,19-,20+. The van der Waals surface area contributed by atoms with Crippen LogP contribution in [0.2, 0.25) is 0 Å². The topological polar surface area (TPSA) is 157 Å². The molecule has 1 amide bonds. The highest BCUT2D eigenvalue weighted by Crippen LogP contribution is 2.44. The first-order chi connectivity index (χ1) is 19.1. The second kappa shape index (κ2) is 9.28. The van der Waals surface area contributed by atoms with Crippen LogP contribution >= 0.6 is 0 Å². The van der Waals surface area contributed by atoms with E-state index in [9.17, 15) is 4.79 Å². The molecule has 2 fully saturated rings. The van der Waals surface area contributed by atoms with Gasteiger partial charge in [-0.05, 0) is 31.7 Å². The van der Waals surface area contributed by atoms with Gasteiger partial charge in [0.25, 0.3) is 5.91 Å².